The summed E-state index contributed by atoms with van der Waals surface area (Å²) in [5.74, 6) is 0. The molecule has 0 heterocycles. The van der Waals surface area contributed by atoms with E-state index in [1.54, 1.807) is 6.92 Å². The van der Waals surface area contributed by atoms with Crippen LogP contribution in [0, 0.1) is 6.92 Å². The van der Waals surface area contributed by atoms with Gasteiger partial charge in [0.2, 0.25) is 0 Å². The Morgan fingerprint density at radius 2 is 1.39 bits per heavy atom. The molecule has 0 aliphatic rings. The molecule has 0 radical (unpaired) electrons. The van der Waals surface area contributed by atoms with Gasteiger partial charge in [-0.05, 0) is 44.2 Å². The first-order valence-electron chi connectivity index (χ1n) is 9.80. The van der Waals surface area contributed by atoms with E-state index in [0.29, 0.717) is 6.42 Å². The van der Waals surface area contributed by atoms with Gasteiger partial charge >= 0.3 is 103 Å². The van der Waals surface area contributed by atoms with E-state index in [4.69, 9.17) is 0 Å². The molecular formula is C20H33K2O5P. The van der Waals surface area contributed by atoms with E-state index >= 15 is 0 Å². The number of unbranched alkanes of at least 4 members (excludes halogenated alkanes) is 8. The third kappa shape index (κ3) is 19.3. The van der Waals surface area contributed by atoms with Crippen molar-refractivity contribution in [1.29, 1.82) is 0 Å². The van der Waals surface area contributed by atoms with E-state index in [9.17, 15) is 14.4 Å². The maximum Gasteiger partial charge on any atom is 1.00 e. The zero-order chi connectivity index (χ0) is 19.3. The zero-order valence-corrected chi connectivity index (χ0v) is 25.3. The Labute approximate surface area is 256 Å². The van der Waals surface area contributed by atoms with Crippen LogP contribution in [0.15, 0.2) is 24.3 Å². The molecule has 0 spiro atoms. The molecule has 8 heteroatoms. The normalized spacial score (nSPS) is 12.1. The average Bonchev–Trinajstić information content (AvgIpc) is 2.58. The summed E-state index contributed by atoms with van der Waals surface area (Å²) in [4.78, 5) is 25.1. The van der Waals surface area contributed by atoms with Gasteiger partial charge in [-0.25, -0.2) is 9.56 Å². The topological polar surface area (TPSA) is 81.7 Å². The SMILES string of the molecule is Cc1ccccc1CCCCCCCCCCCC(C)OOP(=O)([O-])[O-].[K+].[K+]. The molecule has 0 aromatic heterocycles. The molecule has 0 bridgehead atoms. The molecule has 0 aliphatic heterocycles. The molecule has 1 rings (SSSR count). The third-order valence-corrected chi connectivity index (χ3v) is 4.89. The van der Waals surface area contributed by atoms with Gasteiger partial charge in [0.25, 0.3) is 0 Å². The monoisotopic (exact) mass is 462 g/mol. The first kappa shape index (κ1) is 32.7. The quantitative estimate of drug-likeness (QED) is 0.105. The number of hydrogen-bond donors (Lipinski definition) is 0. The van der Waals surface area contributed by atoms with Crippen LogP contribution in [-0.4, -0.2) is 6.10 Å². The van der Waals surface area contributed by atoms with Crippen LogP contribution in [0.25, 0.3) is 0 Å². The van der Waals surface area contributed by atoms with Gasteiger partial charge in [0.05, 0.1) is 6.10 Å². The first-order valence-corrected chi connectivity index (χ1v) is 11.3. The second kappa shape index (κ2) is 20.2. The summed E-state index contributed by atoms with van der Waals surface area (Å²) in [6, 6.07) is 8.63. The summed E-state index contributed by atoms with van der Waals surface area (Å²) in [7, 11) is -5.03. The maximum atomic E-state index is 10.3. The van der Waals surface area contributed by atoms with E-state index in [1.807, 2.05) is 0 Å². The molecule has 1 atom stereocenters. The minimum absolute atomic E-state index is 0. The Morgan fingerprint density at radius 1 is 0.893 bits per heavy atom. The number of phosphoric acid groups is 1. The van der Waals surface area contributed by atoms with Crippen molar-refractivity contribution in [2.45, 2.75) is 90.6 Å². The van der Waals surface area contributed by atoms with E-state index in [0.717, 1.165) is 12.8 Å². The molecule has 0 saturated heterocycles. The summed E-state index contributed by atoms with van der Waals surface area (Å²) in [5, 5.41) is 0. The van der Waals surface area contributed by atoms with Crippen LogP contribution >= 0.6 is 7.82 Å². The summed E-state index contributed by atoms with van der Waals surface area (Å²) >= 11 is 0. The first-order chi connectivity index (χ1) is 12.4. The minimum Gasteiger partial charge on any atom is -0.788 e. The van der Waals surface area contributed by atoms with E-state index in [-0.39, 0.29) is 109 Å². The molecule has 1 unspecified atom stereocenters. The molecule has 1 aromatic rings. The number of rotatable bonds is 15. The molecule has 0 amide bonds. The Bertz CT molecular complexity index is 539. The summed E-state index contributed by atoms with van der Waals surface area (Å²) in [6.45, 7) is 3.88. The van der Waals surface area contributed by atoms with Crippen molar-refractivity contribution in [2.75, 3.05) is 0 Å². The summed E-state index contributed by atoms with van der Waals surface area (Å²) < 4.78 is 14.1. The van der Waals surface area contributed by atoms with Crippen molar-refractivity contribution in [3.8, 4) is 0 Å². The van der Waals surface area contributed by atoms with Crippen molar-refractivity contribution in [1.82, 2.24) is 0 Å². The fourth-order valence-corrected chi connectivity index (χ4v) is 3.30. The molecule has 0 N–H and O–H groups in total. The van der Waals surface area contributed by atoms with Gasteiger partial charge in [0.15, 0.2) is 0 Å². The van der Waals surface area contributed by atoms with Gasteiger partial charge in [-0.2, -0.15) is 0 Å². The predicted molar refractivity (Wildman–Crippen MR) is 100 cm³/mol. The Balaban J connectivity index is 0. The van der Waals surface area contributed by atoms with Gasteiger partial charge in [-0.3, -0.25) is 0 Å². The van der Waals surface area contributed by atoms with Crippen LogP contribution in [0.1, 0.15) is 82.3 Å². The number of aryl methyl sites for hydroxylation is 2. The van der Waals surface area contributed by atoms with Crippen LogP contribution in [0.4, 0.5) is 0 Å². The van der Waals surface area contributed by atoms with E-state index in [2.05, 4.69) is 40.8 Å². The molecule has 28 heavy (non-hydrogen) atoms. The van der Waals surface area contributed by atoms with Gasteiger partial charge < -0.3 is 14.4 Å². The van der Waals surface area contributed by atoms with E-state index < -0.39 is 7.82 Å². The standard InChI is InChI=1S/C20H35O5P.2K/c1-18-14-12-13-17-20(18)16-11-9-7-5-3-4-6-8-10-15-19(2)24-25-26(21,22)23;;/h12-14,17,19H,3-11,15-16H2,1-2H3,(H2,21,22,23);;/q;2*+1/p-2. The second-order valence-electron chi connectivity index (χ2n) is 7.08. The zero-order valence-electron chi connectivity index (χ0n) is 18.2. The Hall–Kier alpha value is 2.56. The van der Waals surface area contributed by atoms with Gasteiger partial charge in [0.1, 0.15) is 7.82 Å². The molecule has 0 aliphatic carbocycles. The Kier molecular flexibility index (Phi) is 23.6. The number of benzene rings is 1. The minimum atomic E-state index is -5.03. The molecule has 0 fully saturated rings. The fraction of sp³-hybridized carbons (Fsp3) is 0.700. The van der Waals surface area contributed by atoms with Crippen LogP contribution < -0.4 is 113 Å². The largest absolute Gasteiger partial charge is 1.00 e. The molecule has 1 aromatic carbocycles. The van der Waals surface area contributed by atoms with Gasteiger partial charge in [-0.1, -0.05) is 75.6 Å². The van der Waals surface area contributed by atoms with Crippen molar-refractivity contribution in [3.05, 3.63) is 35.4 Å². The molecule has 5 nitrogen and oxygen atoms in total. The van der Waals surface area contributed by atoms with Gasteiger partial charge in [0, 0.05) is 0 Å². The summed E-state index contributed by atoms with van der Waals surface area (Å²) in [6.07, 6.45) is 12.4. The van der Waals surface area contributed by atoms with Crippen LogP contribution in [-0.2, 0) is 20.5 Å². The molecule has 150 valence electrons. The molecule has 0 saturated carbocycles. The predicted octanol–water partition coefficient (Wildman–Crippen LogP) is -1.39. The second-order valence-corrected chi connectivity index (χ2v) is 8.12. The number of hydrogen-bond acceptors (Lipinski definition) is 5. The van der Waals surface area contributed by atoms with Crippen molar-refractivity contribution >= 4 is 7.82 Å². The fourth-order valence-electron chi connectivity index (χ4n) is 3.05. The van der Waals surface area contributed by atoms with Crippen molar-refractivity contribution in [2.24, 2.45) is 0 Å². The molecular weight excluding hydrogens is 429 g/mol. The van der Waals surface area contributed by atoms with Crippen molar-refractivity contribution in [3.63, 3.8) is 0 Å². The average molecular weight is 463 g/mol. The maximum absolute atomic E-state index is 10.3. The Morgan fingerprint density at radius 3 is 1.93 bits per heavy atom. The third-order valence-electron chi connectivity index (χ3n) is 4.62. The summed E-state index contributed by atoms with van der Waals surface area (Å²) in [5.41, 5.74) is 2.87. The van der Waals surface area contributed by atoms with Crippen molar-refractivity contribution < 1.29 is 127 Å². The van der Waals surface area contributed by atoms with Crippen LogP contribution in [0.5, 0.6) is 0 Å². The smallest absolute Gasteiger partial charge is 0.788 e. The van der Waals surface area contributed by atoms with Gasteiger partial charge in [-0.15, -0.1) is 0 Å². The van der Waals surface area contributed by atoms with E-state index in [1.165, 1.54) is 62.5 Å². The van der Waals surface area contributed by atoms with Crippen LogP contribution in [0.2, 0.25) is 0 Å². The van der Waals surface area contributed by atoms with Crippen LogP contribution in [0.3, 0.4) is 0 Å².